The maximum atomic E-state index is 12.0. The van der Waals surface area contributed by atoms with Crippen molar-refractivity contribution in [1.29, 1.82) is 0 Å². The van der Waals surface area contributed by atoms with Gasteiger partial charge in [-0.1, -0.05) is 0 Å². The number of hydrogen-bond acceptors (Lipinski definition) is 6. The second-order valence-electron chi connectivity index (χ2n) is 3.94. The molecule has 8 nitrogen and oxygen atoms in total. The molecule has 1 amide bonds. The highest BCUT2D eigenvalue weighted by atomic mass is 16.5. The number of pyridine rings is 1. The highest BCUT2D eigenvalue weighted by Crippen LogP contribution is 2.12. The van der Waals surface area contributed by atoms with Gasteiger partial charge in [-0.05, 0) is 23.4 Å². The van der Waals surface area contributed by atoms with E-state index in [1.165, 1.54) is 18.0 Å². The number of rotatable bonds is 4. The Balaban J connectivity index is 2.10. The van der Waals surface area contributed by atoms with Crippen molar-refractivity contribution >= 4 is 5.91 Å². The zero-order chi connectivity index (χ0) is 13.8. The van der Waals surface area contributed by atoms with E-state index >= 15 is 0 Å². The standard InChI is InChI=1S/C11H14N6O2/c1-7(10-14-15-16-17(10)2)13-11(18)9-6-8(19-3)4-5-12-9/h4-7H,1-3H3,(H,13,18). The smallest absolute Gasteiger partial charge is 0.270 e. The predicted molar refractivity (Wildman–Crippen MR) is 65.5 cm³/mol. The van der Waals surface area contributed by atoms with Crippen LogP contribution in [-0.2, 0) is 7.05 Å². The monoisotopic (exact) mass is 262 g/mol. The molecule has 1 unspecified atom stereocenters. The Kier molecular flexibility index (Phi) is 3.69. The van der Waals surface area contributed by atoms with Gasteiger partial charge in [-0.25, -0.2) is 4.68 Å². The molecule has 0 saturated carbocycles. The highest BCUT2D eigenvalue weighted by molar-refractivity contribution is 5.92. The van der Waals surface area contributed by atoms with Crippen molar-refractivity contribution in [3.63, 3.8) is 0 Å². The molecule has 2 aromatic heterocycles. The second-order valence-corrected chi connectivity index (χ2v) is 3.94. The minimum atomic E-state index is -0.319. The summed E-state index contributed by atoms with van der Waals surface area (Å²) in [5.41, 5.74) is 0.279. The summed E-state index contributed by atoms with van der Waals surface area (Å²) in [7, 11) is 3.24. The average Bonchev–Trinajstić information content (AvgIpc) is 2.85. The molecule has 0 aliphatic heterocycles. The van der Waals surface area contributed by atoms with E-state index in [1.54, 1.807) is 26.1 Å². The molecule has 0 spiro atoms. The summed E-state index contributed by atoms with van der Waals surface area (Å²) in [6, 6.07) is 2.92. The fourth-order valence-corrected chi connectivity index (χ4v) is 1.60. The lowest BCUT2D eigenvalue weighted by Gasteiger charge is -2.11. The number of aryl methyl sites for hydroxylation is 1. The molecule has 19 heavy (non-hydrogen) atoms. The second kappa shape index (κ2) is 5.42. The van der Waals surface area contributed by atoms with E-state index < -0.39 is 0 Å². The van der Waals surface area contributed by atoms with Crippen LogP contribution in [0.2, 0.25) is 0 Å². The van der Waals surface area contributed by atoms with Crippen LogP contribution in [0.1, 0.15) is 29.3 Å². The minimum Gasteiger partial charge on any atom is -0.497 e. The molecule has 2 aromatic rings. The molecule has 0 aliphatic carbocycles. The number of amides is 1. The largest absolute Gasteiger partial charge is 0.497 e. The van der Waals surface area contributed by atoms with Gasteiger partial charge in [0.2, 0.25) is 0 Å². The minimum absolute atomic E-state index is 0.279. The Morgan fingerprint density at radius 3 is 2.95 bits per heavy atom. The van der Waals surface area contributed by atoms with Crippen LogP contribution in [0.25, 0.3) is 0 Å². The van der Waals surface area contributed by atoms with Gasteiger partial charge in [-0.2, -0.15) is 0 Å². The van der Waals surface area contributed by atoms with E-state index in [4.69, 9.17) is 4.74 Å². The molecule has 0 saturated heterocycles. The van der Waals surface area contributed by atoms with Crippen molar-refractivity contribution in [3.05, 3.63) is 29.8 Å². The van der Waals surface area contributed by atoms with Crippen LogP contribution in [0.4, 0.5) is 0 Å². The molecular formula is C11H14N6O2. The van der Waals surface area contributed by atoms with E-state index in [0.717, 1.165) is 0 Å². The van der Waals surface area contributed by atoms with Crippen LogP contribution >= 0.6 is 0 Å². The summed E-state index contributed by atoms with van der Waals surface area (Å²) in [5, 5.41) is 13.8. The third-order valence-corrected chi connectivity index (χ3v) is 2.59. The van der Waals surface area contributed by atoms with E-state index in [9.17, 15) is 4.79 Å². The predicted octanol–water partition coefficient (Wildman–Crippen LogP) is 0.105. The molecule has 0 fully saturated rings. The molecular weight excluding hydrogens is 248 g/mol. The summed E-state index contributed by atoms with van der Waals surface area (Å²) in [5.74, 6) is 0.832. The lowest BCUT2D eigenvalue weighted by atomic mass is 10.2. The van der Waals surface area contributed by atoms with Gasteiger partial charge in [0, 0.05) is 19.3 Å². The van der Waals surface area contributed by atoms with Crippen LogP contribution in [0.15, 0.2) is 18.3 Å². The zero-order valence-electron chi connectivity index (χ0n) is 10.9. The number of aromatic nitrogens is 5. The molecule has 0 aromatic carbocycles. The van der Waals surface area contributed by atoms with Crippen molar-refractivity contribution in [2.75, 3.05) is 7.11 Å². The van der Waals surface area contributed by atoms with Crippen LogP contribution in [0.3, 0.4) is 0 Å². The Bertz CT molecular complexity index is 582. The Hall–Kier alpha value is -2.51. The third-order valence-electron chi connectivity index (χ3n) is 2.59. The topological polar surface area (TPSA) is 94.8 Å². The van der Waals surface area contributed by atoms with Gasteiger partial charge < -0.3 is 10.1 Å². The van der Waals surface area contributed by atoms with Crippen molar-refractivity contribution in [2.24, 2.45) is 7.05 Å². The first-order chi connectivity index (χ1) is 9.11. The number of tetrazole rings is 1. The number of nitrogens with one attached hydrogen (secondary N) is 1. The van der Waals surface area contributed by atoms with Gasteiger partial charge in [0.25, 0.3) is 5.91 Å². The highest BCUT2D eigenvalue weighted by Gasteiger charge is 2.17. The van der Waals surface area contributed by atoms with Gasteiger partial charge in [0.1, 0.15) is 11.4 Å². The summed E-state index contributed by atoms with van der Waals surface area (Å²) < 4.78 is 6.55. The number of carbonyl (C=O) groups excluding carboxylic acids is 1. The number of nitrogens with zero attached hydrogens (tertiary/aromatic N) is 5. The van der Waals surface area contributed by atoms with Gasteiger partial charge in [0.15, 0.2) is 5.82 Å². The third kappa shape index (κ3) is 2.84. The summed E-state index contributed by atoms with van der Waals surface area (Å²) in [6.07, 6.45) is 1.52. The zero-order valence-corrected chi connectivity index (χ0v) is 10.9. The number of hydrogen-bond donors (Lipinski definition) is 1. The van der Waals surface area contributed by atoms with E-state index in [2.05, 4.69) is 25.8 Å². The molecule has 100 valence electrons. The Labute approximate surface area is 109 Å². The van der Waals surface area contributed by atoms with Crippen LogP contribution in [0, 0.1) is 0 Å². The van der Waals surface area contributed by atoms with Crippen LogP contribution in [0.5, 0.6) is 5.75 Å². The molecule has 8 heteroatoms. The average molecular weight is 262 g/mol. The SMILES string of the molecule is COc1ccnc(C(=O)NC(C)c2nnnn2C)c1. The lowest BCUT2D eigenvalue weighted by molar-refractivity contribution is 0.0932. The van der Waals surface area contributed by atoms with Crippen molar-refractivity contribution in [2.45, 2.75) is 13.0 Å². The molecule has 0 bridgehead atoms. The molecule has 1 atom stereocenters. The quantitative estimate of drug-likeness (QED) is 0.840. The number of methoxy groups -OCH3 is 1. The van der Waals surface area contributed by atoms with E-state index in [0.29, 0.717) is 11.6 Å². The molecule has 0 radical (unpaired) electrons. The Morgan fingerprint density at radius 2 is 2.32 bits per heavy atom. The summed E-state index contributed by atoms with van der Waals surface area (Å²) >= 11 is 0. The first-order valence-corrected chi connectivity index (χ1v) is 5.65. The normalized spacial score (nSPS) is 11.9. The summed E-state index contributed by atoms with van der Waals surface area (Å²) in [6.45, 7) is 1.80. The van der Waals surface area contributed by atoms with Crippen LogP contribution in [-0.4, -0.2) is 38.2 Å². The molecule has 1 N–H and O–H groups in total. The van der Waals surface area contributed by atoms with Gasteiger partial charge in [0.05, 0.1) is 13.2 Å². The van der Waals surface area contributed by atoms with Crippen molar-refractivity contribution in [3.8, 4) is 5.75 Å². The van der Waals surface area contributed by atoms with Gasteiger partial charge in [-0.3, -0.25) is 9.78 Å². The van der Waals surface area contributed by atoms with Gasteiger partial charge in [-0.15, -0.1) is 5.10 Å². The molecule has 2 rings (SSSR count). The molecule has 0 aliphatic rings. The molecule has 2 heterocycles. The van der Waals surface area contributed by atoms with Crippen LogP contribution < -0.4 is 10.1 Å². The first-order valence-electron chi connectivity index (χ1n) is 5.65. The fourth-order valence-electron chi connectivity index (χ4n) is 1.60. The number of carbonyl (C=O) groups is 1. The fraction of sp³-hybridized carbons (Fsp3) is 0.364. The first kappa shape index (κ1) is 12.9. The number of ether oxygens (including phenoxy) is 1. The maximum Gasteiger partial charge on any atom is 0.270 e. The van der Waals surface area contributed by atoms with Crippen molar-refractivity contribution in [1.82, 2.24) is 30.5 Å². The van der Waals surface area contributed by atoms with Crippen molar-refractivity contribution < 1.29 is 9.53 Å². The Morgan fingerprint density at radius 1 is 1.53 bits per heavy atom. The summed E-state index contributed by atoms with van der Waals surface area (Å²) in [4.78, 5) is 16.0. The lowest BCUT2D eigenvalue weighted by Crippen LogP contribution is -2.29. The maximum absolute atomic E-state index is 12.0. The van der Waals surface area contributed by atoms with Gasteiger partial charge >= 0.3 is 0 Å². The van der Waals surface area contributed by atoms with E-state index in [-0.39, 0.29) is 17.6 Å². The van der Waals surface area contributed by atoms with E-state index in [1.807, 2.05) is 0 Å².